The van der Waals surface area contributed by atoms with Crippen molar-refractivity contribution < 1.29 is 23.8 Å². The number of rotatable bonds is 5. The summed E-state index contributed by atoms with van der Waals surface area (Å²) in [4.78, 5) is 23.9. The molecule has 130 valence electrons. The molecule has 1 heterocycles. The first kappa shape index (κ1) is 16.6. The average Bonchev–Trinajstić information content (AvgIpc) is 2.62. The van der Waals surface area contributed by atoms with Gasteiger partial charge in [0.2, 0.25) is 5.91 Å². The van der Waals surface area contributed by atoms with E-state index in [-0.39, 0.29) is 24.8 Å². The molecule has 0 fully saturated rings. The fourth-order valence-corrected chi connectivity index (χ4v) is 2.57. The van der Waals surface area contributed by atoms with Crippen LogP contribution in [0.1, 0.15) is 5.56 Å². The van der Waals surface area contributed by atoms with E-state index in [0.717, 1.165) is 5.56 Å². The molecule has 3 rings (SSSR count). The molecular formula is C18H18N2O5. The lowest BCUT2D eigenvalue weighted by molar-refractivity contribution is -0.118. The van der Waals surface area contributed by atoms with Crippen molar-refractivity contribution in [2.75, 3.05) is 31.5 Å². The smallest absolute Gasteiger partial charge is 0.262 e. The van der Waals surface area contributed by atoms with Gasteiger partial charge in [0, 0.05) is 0 Å². The predicted octanol–water partition coefficient (Wildman–Crippen LogP) is 2.22. The Morgan fingerprint density at radius 2 is 2.00 bits per heavy atom. The second-order valence-corrected chi connectivity index (χ2v) is 5.43. The summed E-state index contributed by atoms with van der Waals surface area (Å²) in [6.45, 7) is -0.0317. The molecule has 0 bridgehead atoms. The Morgan fingerprint density at radius 3 is 2.76 bits per heavy atom. The Bertz CT molecular complexity index is 819. The predicted molar refractivity (Wildman–Crippen MR) is 92.4 cm³/mol. The maximum Gasteiger partial charge on any atom is 0.262 e. The number of hydrogen-bond acceptors (Lipinski definition) is 5. The Kier molecular flexibility index (Phi) is 4.74. The van der Waals surface area contributed by atoms with Gasteiger partial charge in [-0.2, -0.15) is 0 Å². The molecule has 2 aromatic rings. The van der Waals surface area contributed by atoms with Crippen LogP contribution >= 0.6 is 0 Å². The van der Waals surface area contributed by atoms with Gasteiger partial charge >= 0.3 is 0 Å². The summed E-state index contributed by atoms with van der Waals surface area (Å²) in [5.41, 5.74) is 1.75. The van der Waals surface area contributed by atoms with Gasteiger partial charge in [0.15, 0.2) is 18.1 Å². The maximum absolute atomic E-state index is 12.4. The van der Waals surface area contributed by atoms with E-state index in [4.69, 9.17) is 14.2 Å². The lowest BCUT2D eigenvalue weighted by atomic mass is 10.1. The van der Waals surface area contributed by atoms with Gasteiger partial charge in [-0.15, -0.1) is 0 Å². The Balaban J connectivity index is 1.74. The molecule has 0 atom stereocenters. The molecule has 7 heteroatoms. The van der Waals surface area contributed by atoms with Gasteiger partial charge in [0.1, 0.15) is 11.4 Å². The highest BCUT2D eigenvalue weighted by Crippen LogP contribution is 2.35. The lowest BCUT2D eigenvalue weighted by Gasteiger charge is -2.20. The minimum Gasteiger partial charge on any atom is -0.493 e. The highest BCUT2D eigenvalue weighted by molar-refractivity contribution is 6.03. The van der Waals surface area contributed by atoms with Gasteiger partial charge in [0.05, 0.1) is 26.3 Å². The summed E-state index contributed by atoms with van der Waals surface area (Å²) in [6, 6.07) is 10.5. The Labute approximate surface area is 144 Å². The van der Waals surface area contributed by atoms with Gasteiger partial charge in [-0.1, -0.05) is 12.1 Å². The van der Waals surface area contributed by atoms with E-state index in [1.165, 1.54) is 0 Å². The zero-order valence-electron chi connectivity index (χ0n) is 13.9. The number of amides is 2. The van der Waals surface area contributed by atoms with Crippen LogP contribution in [0.15, 0.2) is 36.4 Å². The Hall–Kier alpha value is -3.22. The number of benzene rings is 2. The molecule has 2 N–H and O–H groups in total. The molecule has 0 radical (unpaired) electrons. The van der Waals surface area contributed by atoms with Crippen LogP contribution in [0.4, 0.5) is 11.4 Å². The number of anilines is 2. The van der Waals surface area contributed by atoms with Crippen LogP contribution in [-0.4, -0.2) is 32.6 Å². The normalized spacial score (nSPS) is 12.5. The summed E-state index contributed by atoms with van der Waals surface area (Å²) in [6.07, 6.45) is 0.152. The highest BCUT2D eigenvalue weighted by atomic mass is 16.5. The van der Waals surface area contributed by atoms with Crippen LogP contribution in [0.2, 0.25) is 0 Å². The lowest BCUT2D eigenvalue weighted by Crippen LogP contribution is -2.27. The second kappa shape index (κ2) is 7.12. The van der Waals surface area contributed by atoms with E-state index in [1.54, 1.807) is 50.6 Å². The molecular weight excluding hydrogens is 324 g/mol. The van der Waals surface area contributed by atoms with Crippen molar-refractivity contribution in [3.8, 4) is 17.2 Å². The van der Waals surface area contributed by atoms with Crippen LogP contribution in [0.25, 0.3) is 0 Å². The van der Waals surface area contributed by atoms with Crippen molar-refractivity contribution in [2.45, 2.75) is 6.42 Å². The number of carbonyl (C=O) groups excluding carboxylic acids is 2. The first-order valence-corrected chi connectivity index (χ1v) is 7.67. The van der Waals surface area contributed by atoms with Crippen molar-refractivity contribution in [3.63, 3.8) is 0 Å². The molecule has 7 nitrogen and oxygen atoms in total. The zero-order valence-corrected chi connectivity index (χ0v) is 13.9. The van der Waals surface area contributed by atoms with Crippen LogP contribution in [-0.2, 0) is 16.0 Å². The quantitative estimate of drug-likeness (QED) is 0.870. The van der Waals surface area contributed by atoms with Crippen molar-refractivity contribution in [1.82, 2.24) is 0 Å². The van der Waals surface area contributed by atoms with Crippen LogP contribution in [0.3, 0.4) is 0 Å². The van der Waals surface area contributed by atoms with Gasteiger partial charge < -0.3 is 24.8 Å². The number of fused-ring (bicyclic) bond motifs is 1. The summed E-state index contributed by atoms with van der Waals surface area (Å²) in [5, 5.41) is 5.52. The molecule has 0 aromatic heterocycles. The van der Waals surface area contributed by atoms with Gasteiger partial charge in [0.25, 0.3) is 5.91 Å². The molecule has 0 saturated carbocycles. The molecule has 0 unspecified atom stereocenters. The minimum absolute atomic E-state index is 0.0317. The standard InChI is InChI=1S/C18H18N2O5/c1-23-13-7-6-11(8-15(13)24-2)9-16(21)19-12-4-3-5-14-18(12)20-17(22)10-25-14/h3-8H,9-10H2,1-2H3,(H,19,21)(H,20,22). The largest absolute Gasteiger partial charge is 0.493 e. The number of hydrogen-bond donors (Lipinski definition) is 2. The summed E-state index contributed by atoms with van der Waals surface area (Å²) >= 11 is 0. The number of carbonyl (C=O) groups is 2. The fraction of sp³-hybridized carbons (Fsp3) is 0.222. The van der Waals surface area contributed by atoms with Crippen LogP contribution < -0.4 is 24.8 Å². The number of ether oxygens (including phenoxy) is 3. The SMILES string of the molecule is COc1ccc(CC(=O)Nc2cccc3c2NC(=O)CO3)cc1OC. The molecule has 1 aliphatic rings. The summed E-state index contributed by atoms with van der Waals surface area (Å²) in [7, 11) is 3.10. The van der Waals surface area contributed by atoms with Crippen molar-refractivity contribution in [3.05, 3.63) is 42.0 Å². The van der Waals surface area contributed by atoms with E-state index in [0.29, 0.717) is 28.6 Å². The first-order chi connectivity index (χ1) is 12.1. The third-order valence-corrected chi connectivity index (χ3v) is 3.74. The maximum atomic E-state index is 12.4. The number of para-hydroxylation sites is 1. The molecule has 1 aliphatic heterocycles. The van der Waals surface area contributed by atoms with Gasteiger partial charge in [-0.25, -0.2) is 0 Å². The van der Waals surface area contributed by atoms with E-state index >= 15 is 0 Å². The van der Waals surface area contributed by atoms with Crippen LogP contribution in [0, 0.1) is 0 Å². The van der Waals surface area contributed by atoms with E-state index in [9.17, 15) is 9.59 Å². The van der Waals surface area contributed by atoms with E-state index < -0.39 is 0 Å². The molecule has 2 aromatic carbocycles. The highest BCUT2D eigenvalue weighted by Gasteiger charge is 2.20. The second-order valence-electron chi connectivity index (χ2n) is 5.43. The minimum atomic E-state index is -0.255. The van der Waals surface area contributed by atoms with Crippen LogP contribution in [0.5, 0.6) is 17.2 Å². The van der Waals surface area contributed by atoms with Crippen molar-refractivity contribution in [1.29, 1.82) is 0 Å². The molecule has 0 spiro atoms. The van der Waals surface area contributed by atoms with Gasteiger partial charge in [-0.05, 0) is 29.8 Å². The van der Waals surface area contributed by atoms with Crippen molar-refractivity contribution in [2.24, 2.45) is 0 Å². The summed E-state index contributed by atoms with van der Waals surface area (Å²) in [5.74, 6) is 1.22. The third kappa shape index (κ3) is 3.65. The molecule has 0 aliphatic carbocycles. The number of nitrogens with one attached hydrogen (secondary N) is 2. The van der Waals surface area contributed by atoms with Crippen molar-refractivity contribution >= 4 is 23.2 Å². The monoisotopic (exact) mass is 342 g/mol. The molecule has 2 amide bonds. The third-order valence-electron chi connectivity index (χ3n) is 3.74. The summed E-state index contributed by atoms with van der Waals surface area (Å²) < 4.78 is 15.8. The zero-order chi connectivity index (χ0) is 17.8. The van der Waals surface area contributed by atoms with E-state index in [2.05, 4.69) is 10.6 Å². The van der Waals surface area contributed by atoms with Gasteiger partial charge in [-0.3, -0.25) is 9.59 Å². The van der Waals surface area contributed by atoms with E-state index in [1.807, 2.05) is 0 Å². The topological polar surface area (TPSA) is 85.9 Å². The Morgan fingerprint density at radius 1 is 1.20 bits per heavy atom. The molecule has 0 saturated heterocycles. The fourth-order valence-electron chi connectivity index (χ4n) is 2.57. The first-order valence-electron chi connectivity index (χ1n) is 7.67. The molecule has 25 heavy (non-hydrogen) atoms. The number of methoxy groups -OCH3 is 2. The average molecular weight is 342 g/mol.